The minimum Gasteiger partial charge on any atom is -0.307 e. The Morgan fingerprint density at radius 3 is 1.66 bits per heavy atom. The first-order valence-electron chi connectivity index (χ1n) is 10.2. The summed E-state index contributed by atoms with van der Waals surface area (Å²) in [6, 6.07) is 18.0. The maximum absolute atomic E-state index is 4.57. The molecule has 2 heterocycles. The van der Waals surface area contributed by atoms with Crippen LogP contribution in [0.15, 0.2) is 64.5 Å². The van der Waals surface area contributed by atoms with Gasteiger partial charge in [0.05, 0.1) is 23.3 Å². The molecule has 4 rings (SSSR count). The van der Waals surface area contributed by atoms with Gasteiger partial charge in [-0.2, -0.15) is 0 Å². The molecule has 3 aromatic rings. The Balaban J connectivity index is 1.92. The summed E-state index contributed by atoms with van der Waals surface area (Å²) in [5.41, 5.74) is 7.56. The zero-order valence-corrected chi connectivity index (χ0v) is 19.3. The maximum atomic E-state index is 4.57. The molecule has 29 heavy (non-hydrogen) atoms. The largest absolute Gasteiger partial charge is 0.307 e. The molecule has 150 valence electrons. The molecule has 0 saturated heterocycles. The predicted octanol–water partition coefficient (Wildman–Crippen LogP) is 7.92. The van der Waals surface area contributed by atoms with E-state index >= 15 is 0 Å². The lowest BCUT2D eigenvalue weighted by Crippen LogP contribution is -2.18. The maximum Gasteiger partial charge on any atom is 0.0646 e. The Bertz CT molecular complexity index is 990. The molecule has 1 aliphatic rings. The first-order chi connectivity index (χ1) is 13.5. The van der Waals surface area contributed by atoms with Crippen LogP contribution < -0.4 is 4.90 Å². The monoisotopic (exact) mass is 402 g/mol. The smallest absolute Gasteiger partial charge is 0.0646 e. The van der Waals surface area contributed by atoms with Gasteiger partial charge in [0, 0.05) is 15.5 Å². The Kier molecular flexibility index (Phi) is 4.77. The van der Waals surface area contributed by atoms with E-state index in [4.69, 9.17) is 0 Å². The fourth-order valence-electron chi connectivity index (χ4n) is 3.61. The minimum atomic E-state index is 0.124. The van der Waals surface area contributed by atoms with Crippen LogP contribution in [0.5, 0.6) is 0 Å². The molecule has 3 heteroatoms. The van der Waals surface area contributed by atoms with Gasteiger partial charge in [-0.15, -0.1) is 0 Å². The second-order valence-electron chi connectivity index (χ2n) is 9.96. The number of aryl methyl sites for hydroxylation is 1. The summed E-state index contributed by atoms with van der Waals surface area (Å²) in [5.74, 6) is 0. The highest BCUT2D eigenvalue weighted by molar-refractivity contribution is 7.99. The highest BCUT2D eigenvalue weighted by Crippen LogP contribution is 2.52. The SMILES string of the molecule is Cc1ccc(N2c3ccc(C(C)(C)C)cc3Sc3cc(C(C)(C)C)ccc32)cn1. The summed E-state index contributed by atoms with van der Waals surface area (Å²) < 4.78 is 0. The van der Waals surface area contributed by atoms with E-state index in [0.29, 0.717) is 0 Å². The van der Waals surface area contributed by atoms with Crippen LogP contribution in [-0.2, 0) is 10.8 Å². The lowest BCUT2D eigenvalue weighted by Gasteiger charge is -2.35. The Morgan fingerprint density at radius 2 is 1.24 bits per heavy atom. The summed E-state index contributed by atoms with van der Waals surface area (Å²) in [7, 11) is 0. The van der Waals surface area contributed by atoms with Crippen LogP contribution in [0.3, 0.4) is 0 Å². The predicted molar refractivity (Wildman–Crippen MR) is 125 cm³/mol. The summed E-state index contributed by atoms with van der Waals surface area (Å²) in [6.45, 7) is 15.7. The highest BCUT2D eigenvalue weighted by Gasteiger charge is 2.28. The van der Waals surface area contributed by atoms with Crippen LogP contribution in [0.4, 0.5) is 17.1 Å². The molecule has 1 aliphatic heterocycles. The second-order valence-corrected chi connectivity index (χ2v) is 11.0. The van der Waals surface area contributed by atoms with Gasteiger partial charge in [0.15, 0.2) is 0 Å². The molecule has 2 nitrogen and oxygen atoms in total. The lowest BCUT2D eigenvalue weighted by atomic mass is 9.86. The molecule has 0 bridgehead atoms. The number of hydrogen-bond donors (Lipinski definition) is 0. The molecule has 0 radical (unpaired) electrons. The van der Waals surface area contributed by atoms with E-state index in [2.05, 4.69) is 100.0 Å². The summed E-state index contributed by atoms with van der Waals surface area (Å²) in [4.78, 5) is 9.52. The molecule has 0 amide bonds. The normalized spacial score (nSPS) is 13.8. The molecular weight excluding hydrogens is 372 g/mol. The highest BCUT2D eigenvalue weighted by atomic mass is 32.2. The van der Waals surface area contributed by atoms with Crippen molar-refractivity contribution in [2.24, 2.45) is 0 Å². The van der Waals surface area contributed by atoms with Gasteiger partial charge in [0.2, 0.25) is 0 Å². The molecular formula is C26H30N2S. The van der Waals surface area contributed by atoms with Gasteiger partial charge < -0.3 is 4.90 Å². The van der Waals surface area contributed by atoms with Crippen LogP contribution in [0.25, 0.3) is 0 Å². The number of benzene rings is 2. The molecule has 0 aliphatic carbocycles. The van der Waals surface area contributed by atoms with Crippen molar-refractivity contribution in [1.82, 2.24) is 4.98 Å². The summed E-state index contributed by atoms with van der Waals surface area (Å²) in [6.07, 6.45) is 1.98. The summed E-state index contributed by atoms with van der Waals surface area (Å²) in [5, 5.41) is 0. The van der Waals surface area contributed by atoms with Gasteiger partial charge in [-0.25, -0.2) is 0 Å². The molecule has 0 unspecified atom stereocenters. The summed E-state index contributed by atoms with van der Waals surface area (Å²) >= 11 is 1.88. The molecule has 2 aromatic carbocycles. The van der Waals surface area contributed by atoms with Crippen molar-refractivity contribution >= 4 is 28.8 Å². The quantitative estimate of drug-likeness (QED) is 0.322. The van der Waals surface area contributed by atoms with Crippen LogP contribution in [-0.4, -0.2) is 4.98 Å². The lowest BCUT2D eigenvalue weighted by molar-refractivity contribution is 0.588. The molecule has 0 N–H and O–H groups in total. The van der Waals surface area contributed by atoms with Crippen molar-refractivity contribution in [1.29, 1.82) is 0 Å². The van der Waals surface area contributed by atoms with Crippen molar-refractivity contribution in [3.05, 3.63) is 71.5 Å². The van der Waals surface area contributed by atoms with E-state index in [1.807, 2.05) is 24.9 Å². The second kappa shape index (κ2) is 6.91. The molecule has 0 fully saturated rings. The molecule has 0 atom stereocenters. The third-order valence-corrected chi connectivity index (χ3v) is 6.60. The van der Waals surface area contributed by atoms with Gasteiger partial charge >= 0.3 is 0 Å². The molecule has 1 aromatic heterocycles. The standard InChI is InChI=1S/C26H30N2S/c1-17-8-11-20(16-27-17)28-21-12-9-18(25(2,3)4)14-23(21)29-24-15-19(26(5,6)7)10-13-22(24)28/h8-16H,1-7H3. The van der Waals surface area contributed by atoms with Gasteiger partial charge in [0.25, 0.3) is 0 Å². The number of pyridine rings is 1. The number of fused-ring (bicyclic) bond motifs is 2. The van der Waals surface area contributed by atoms with Gasteiger partial charge in [0.1, 0.15) is 0 Å². The van der Waals surface area contributed by atoms with Crippen molar-refractivity contribution in [3.8, 4) is 0 Å². The zero-order valence-electron chi connectivity index (χ0n) is 18.5. The fraction of sp³-hybridized carbons (Fsp3) is 0.346. The van der Waals surface area contributed by atoms with Gasteiger partial charge in [-0.3, -0.25) is 4.98 Å². The zero-order chi connectivity index (χ0) is 21.0. The van der Waals surface area contributed by atoms with E-state index in [1.54, 1.807) is 0 Å². The average molecular weight is 403 g/mol. The van der Waals surface area contributed by atoms with Crippen LogP contribution in [0.1, 0.15) is 58.4 Å². The average Bonchev–Trinajstić information content (AvgIpc) is 2.64. The molecule has 0 saturated carbocycles. The van der Waals surface area contributed by atoms with Crippen LogP contribution in [0.2, 0.25) is 0 Å². The van der Waals surface area contributed by atoms with E-state index in [0.717, 1.165) is 11.4 Å². The van der Waals surface area contributed by atoms with E-state index in [-0.39, 0.29) is 10.8 Å². The van der Waals surface area contributed by atoms with E-state index in [9.17, 15) is 0 Å². The number of nitrogens with zero attached hydrogens (tertiary/aromatic N) is 2. The number of anilines is 3. The first-order valence-corrected chi connectivity index (χ1v) is 11.1. The van der Waals surface area contributed by atoms with Crippen molar-refractivity contribution in [2.45, 2.75) is 69.1 Å². The molecule has 0 spiro atoms. The third kappa shape index (κ3) is 3.81. The number of hydrogen-bond acceptors (Lipinski definition) is 3. The van der Waals surface area contributed by atoms with Crippen molar-refractivity contribution in [3.63, 3.8) is 0 Å². The Hall–Kier alpha value is -2.26. The third-order valence-electron chi connectivity index (χ3n) is 5.51. The topological polar surface area (TPSA) is 16.1 Å². The number of rotatable bonds is 1. The van der Waals surface area contributed by atoms with Gasteiger partial charge in [-0.05, 0) is 65.3 Å². The minimum absolute atomic E-state index is 0.124. The Labute approximate surface area is 179 Å². The van der Waals surface area contributed by atoms with Crippen molar-refractivity contribution in [2.75, 3.05) is 4.90 Å². The number of aromatic nitrogens is 1. The first kappa shape index (κ1) is 20.0. The van der Waals surface area contributed by atoms with Gasteiger partial charge in [-0.1, -0.05) is 65.4 Å². The van der Waals surface area contributed by atoms with Crippen LogP contribution >= 0.6 is 11.8 Å². The van der Waals surface area contributed by atoms with E-state index < -0.39 is 0 Å². The fourth-order valence-corrected chi connectivity index (χ4v) is 4.75. The Morgan fingerprint density at radius 1 is 0.724 bits per heavy atom. The van der Waals surface area contributed by atoms with Crippen molar-refractivity contribution < 1.29 is 0 Å². The van der Waals surface area contributed by atoms with Crippen LogP contribution in [0, 0.1) is 6.92 Å². The van der Waals surface area contributed by atoms with E-state index in [1.165, 1.54) is 32.3 Å².